The van der Waals surface area contributed by atoms with Crippen molar-refractivity contribution >= 4 is 40.7 Å². The number of nitrogens with zero attached hydrogens (tertiary/aromatic N) is 3. The van der Waals surface area contributed by atoms with Gasteiger partial charge in [-0.15, -0.1) is 11.3 Å². The van der Waals surface area contributed by atoms with E-state index < -0.39 is 47.1 Å². The molecule has 1 aliphatic carbocycles. The molecule has 2 aliphatic rings. The summed E-state index contributed by atoms with van der Waals surface area (Å²) in [5.74, 6) is -7.02. The summed E-state index contributed by atoms with van der Waals surface area (Å²) in [5, 5.41) is 4.93. The number of carbonyl (C=O) groups is 2. The van der Waals surface area contributed by atoms with Gasteiger partial charge in [0.05, 0.1) is 37.9 Å². The van der Waals surface area contributed by atoms with Crippen LogP contribution in [-0.2, 0) is 19.1 Å². The monoisotopic (exact) mass is 642 g/mol. The number of alkyl halides is 2. The molecule has 43 heavy (non-hydrogen) atoms. The molecule has 4 rings (SSSR count). The van der Waals surface area contributed by atoms with Crippen LogP contribution in [0.2, 0.25) is 5.02 Å². The molecule has 1 saturated carbocycles. The molecule has 2 heterocycles. The number of ether oxygens (including phenoxy) is 2. The molecule has 2 aromatic rings. The zero-order valence-corrected chi connectivity index (χ0v) is 25.3. The lowest BCUT2D eigenvalue weighted by Crippen LogP contribution is -2.48. The van der Waals surface area contributed by atoms with Gasteiger partial charge in [-0.2, -0.15) is 0 Å². The topological polar surface area (TPSA) is 93.1 Å². The van der Waals surface area contributed by atoms with E-state index in [1.54, 1.807) is 11.6 Å². The van der Waals surface area contributed by atoms with Crippen molar-refractivity contribution in [3.05, 3.63) is 74.4 Å². The fraction of sp³-hybridized carbons (Fsp3) is 0.448. The van der Waals surface area contributed by atoms with Gasteiger partial charge in [0.25, 0.3) is 5.92 Å². The van der Waals surface area contributed by atoms with Gasteiger partial charge in [-0.3, -0.25) is 14.7 Å². The zero-order valence-electron chi connectivity index (χ0n) is 23.8. The van der Waals surface area contributed by atoms with Crippen molar-refractivity contribution in [2.45, 2.75) is 50.6 Å². The number of aromatic nitrogens is 1. The van der Waals surface area contributed by atoms with Gasteiger partial charge >= 0.3 is 11.9 Å². The second-order valence-electron chi connectivity index (χ2n) is 10.4. The van der Waals surface area contributed by atoms with Crippen LogP contribution in [0.25, 0.3) is 0 Å². The second-order valence-corrected chi connectivity index (χ2v) is 11.7. The number of amidine groups is 1. The fourth-order valence-corrected chi connectivity index (χ4v) is 6.16. The Morgan fingerprint density at radius 2 is 1.88 bits per heavy atom. The molecule has 0 bridgehead atoms. The summed E-state index contributed by atoms with van der Waals surface area (Å²) in [6.07, 6.45) is 3.27. The molecule has 1 aliphatic heterocycles. The normalized spacial score (nSPS) is 20.9. The molecule has 1 aromatic carbocycles. The number of allylic oxidation sites excluding steroid dienone is 1. The lowest BCUT2D eigenvalue weighted by Gasteiger charge is -2.40. The number of hydrogen-bond donors (Lipinski definition) is 1. The average Bonchev–Trinajstić information content (AvgIpc) is 3.54. The molecular formula is C29H31ClF4N4O4S. The summed E-state index contributed by atoms with van der Waals surface area (Å²) >= 11 is 7.51. The lowest BCUT2D eigenvalue weighted by molar-refractivity contribution is -0.144. The van der Waals surface area contributed by atoms with Crippen LogP contribution in [0.1, 0.15) is 49.2 Å². The Morgan fingerprint density at radius 3 is 2.47 bits per heavy atom. The molecular weight excluding hydrogens is 612 g/mol. The first-order valence-electron chi connectivity index (χ1n) is 13.4. The number of rotatable bonds is 10. The predicted octanol–water partition coefficient (Wildman–Crippen LogP) is 5.84. The van der Waals surface area contributed by atoms with Gasteiger partial charge in [-0.05, 0) is 50.2 Å². The number of aliphatic imine (C=N–C) groups is 1. The molecule has 1 N–H and O–H groups in total. The first-order valence-corrected chi connectivity index (χ1v) is 14.7. The first kappa shape index (κ1) is 32.6. The number of nitrogens with one attached hydrogen (secondary N) is 1. The highest BCUT2D eigenvalue weighted by atomic mass is 35.5. The SMILES string of the molecule is C=C(C)C(F)(F)CN(CC(=O)OC)C1CCC(C2=C(C(=O)OC)C(c3ccc(F)c(F)c3Cl)N=C(c3nccs3)N2)CC1. The van der Waals surface area contributed by atoms with E-state index in [1.165, 1.54) is 43.4 Å². The Labute approximate surface area is 255 Å². The van der Waals surface area contributed by atoms with Crippen LogP contribution >= 0.6 is 22.9 Å². The minimum Gasteiger partial charge on any atom is -0.468 e. The minimum atomic E-state index is -3.22. The molecule has 1 fully saturated rings. The van der Waals surface area contributed by atoms with Crippen LogP contribution < -0.4 is 5.32 Å². The molecule has 0 spiro atoms. The third kappa shape index (κ3) is 7.10. The summed E-state index contributed by atoms with van der Waals surface area (Å²) < 4.78 is 67.7. The third-order valence-corrected chi connectivity index (χ3v) is 8.85. The van der Waals surface area contributed by atoms with E-state index in [-0.39, 0.29) is 35.2 Å². The maximum absolute atomic E-state index is 14.7. The van der Waals surface area contributed by atoms with E-state index in [0.29, 0.717) is 42.2 Å². The maximum atomic E-state index is 14.7. The molecule has 1 atom stereocenters. The number of halogens is 5. The molecule has 14 heteroatoms. The lowest BCUT2D eigenvalue weighted by atomic mass is 9.80. The Hall–Kier alpha value is -3.29. The Morgan fingerprint density at radius 1 is 1.19 bits per heavy atom. The summed E-state index contributed by atoms with van der Waals surface area (Å²) in [4.78, 5) is 35.7. The van der Waals surface area contributed by atoms with E-state index in [2.05, 4.69) is 21.9 Å². The highest BCUT2D eigenvalue weighted by Gasteiger charge is 2.41. The van der Waals surface area contributed by atoms with Gasteiger partial charge in [0, 0.05) is 28.9 Å². The van der Waals surface area contributed by atoms with Gasteiger partial charge in [0.2, 0.25) is 0 Å². The summed E-state index contributed by atoms with van der Waals surface area (Å²) in [5.41, 5.74) is 0.266. The van der Waals surface area contributed by atoms with Gasteiger partial charge < -0.3 is 14.8 Å². The summed E-state index contributed by atoms with van der Waals surface area (Å²) in [7, 11) is 2.39. The summed E-state index contributed by atoms with van der Waals surface area (Å²) in [6, 6.07) is 0.653. The Bertz CT molecular complexity index is 1440. The van der Waals surface area contributed by atoms with Crippen LogP contribution in [0.15, 0.2) is 52.1 Å². The number of esters is 2. The number of carbonyl (C=O) groups excluding carboxylic acids is 2. The van der Waals surface area contributed by atoms with E-state index in [4.69, 9.17) is 21.1 Å². The fourth-order valence-electron chi connectivity index (χ4n) is 5.31. The molecule has 1 aromatic heterocycles. The average molecular weight is 643 g/mol. The largest absolute Gasteiger partial charge is 0.468 e. The predicted molar refractivity (Wildman–Crippen MR) is 154 cm³/mol. The number of hydrogen-bond acceptors (Lipinski definition) is 9. The molecule has 232 valence electrons. The van der Waals surface area contributed by atoms with Gasteiger partial charge in [-0.1, -0.05) is 24.2 Å². The highest BCUT2D eigenvalue weighted by molar-refractivity contribution is 7.11. The smallest absolute Gasteiger partial charge is 0.338 e. The Balaban J connectivity index is 1.70. The van der Waals surface area contributed by atoms with Crippen LogP contribution in [-0.4, -0.2) is 66.9 Å². The van der Waals surface area contributed by atoms with Crippen LogP contribution in [0.5, 0.6) is 0 Å². The molecule has 0 amide bonds. The van der Waals surface area contributed by atoms with E-state index in [1.807, 2.05) is 0 Å². The first-order chi connectivity index (χ1) is 20.4. The highest BCUT2D eigenvalue weighted by Crippen LogP contribution is 2.42. The van der Waals surface area contributed by atoms with E-state index in [0.717, 1.165) is 6.07 Å². The van der Waals surface area contributed by atoms with E-state index >= 15 is 0 Å². The number of methoxy groups -OCH3 is 2. The third-order valence-electron chi connectivity index (χ3n) is 7.68. The standard InChI is InChI=1S/C29H31ClF4N4O4S/c1-15(2)29(33,34)14-38(13-20(39)41-3)17-7-5-16(6-8-17)24-21(28(40)42-4)25(18-9-10-19(31)23(32)22(18)30)37-26(36-24)27-35-11-12-43-27/h9-12,16-17,25H,1,5-8,13-14H2,2-4H3,(H,36,37). The quantitative estimate of drug-likeness (QED) is 0.151. The Kier molecular flexibility index (Phi) is 10.3. The van der Waals surface area contributed by atoms with Crippen LogP contribution in [0.3, 0.4) is 0 Å². The van der Waals surface area contributed by atoms with Crippen molar-refractivity contribution < 1.29 is 36.6 Å². The van der Waals surface area contributed by atoms with Crippen molar-refractivity contribution in [2.24, 2.45) is 10.9 Å². The van der Waals surface area contributed by atoms with Gasteiger partial charge in [-0.25, -0.2) is 27.3 Å². The minimum absolute atomic E-state index is 0.0639. The number of benzene rings is 1. The van der Waals surface area contributed by atoms with Gasteiger partial charge in [0.1, 0.15) is 6.04 Å². The van der Waals surface area contributed by atoms with E-state index in [9.17, 15) is 27.2 Å². The van der Waals surface area contributed by atoms with Crippen LogP contribution in [0, 0.1) is 17.6 Å². The summed E-state index contributed by atoms with van der Waals surface area (Å²) in [6.45, 7) is 3.61. The molecule has 8 nitrogen and oxygen atoms in total. The van der Waals surface area contributed by atoms with Crippen molar-refractivity contribution in [2.75, 3.05) is 27.3 Å². The van der Waals surface area contributed by atoms with Crippen molar-refractivity contribution in [3.8, 4) is 0 Å². The maximum Gasteiger partial charge on any atom is 0.338 e. The van der Waals surface area contributed by atoms with Crippen molar-refractivity contribution in [1.29, 1.82) is 0 Å². The molecule has 1 unspecified atom stereocenters. The number of thiazole rings is 1. The van der Waals surface area contributed by atoms with Crippen LogP contribution in [0.4, 0.5) is 17.6 Å². The molecule has 0 saturated heterocycles. The zero-order chi connectivity index (χ0) is 31.5. The second kappa shape index (κ2) is 13.6. The van der Waals surface area contributed by atoms with Crippen molar-refractivity contribution in [3.63, 3.8) is 0 Å². The van der Waals surface area contributed by atoms with Crippen molar-refractivity contribution in [1.82, 2.24) is 15.2 Å². The van der Waals surface area contributed by atoms with Gasteiger partial charge in [0.15, 0.2) is 22.5 Å². The molecule has 0 radical (unpaired) electrons.